The molecule has 0 bridgehead atoms. The summed E-state index contributed by atoms with van der Waals surface area (Å²) in [6.07, 6.45) is 6.76. The summed E-state index contributed by atoms with van der Waals surface area (Å²) in [5.41, 5.74) is 10.2. The summed E-state index contributed by atoms with van der Waals surface area (Å²) in [6.45, 7) is 3.76. The maximum Gasteiger partial charge on any atom is 0.264 e. The van der Waals surface area contributed by atoms with Crippen molar-refractivity contribution < 1.29 is 4.79 Å². The van der Waals surface area contributed by atoms with E-state index in [1.807, 2.05) is 87.8 Å². The van der Waals surface area contributed by atoms with Crippen LogP contribution in [-0.2, 0) is 7.05 Å². The highest BCUT2D eigenvalue weighted by molar-refractivity contribution is 6.09. The highest BCUT2D eigenvalue weighted by atomic mass is 16.2. The Balaban J connectivity index is 1.48. The van der Waals surface area contributed by atoms with Crippen molar-refractivity contribution >= 4 is 33.4 Å². The molecule has 0 aliphatic carbocycles. The van der Waals surface area contributed by atoms with E-state index in [1.165, 1.54) is 0 Å². The monoisotopic (exact) mass is 553 g/mol. The molecule has 0 spiro atoms. The third-order valence-corrected chi connectivity index (χ3v) is 7.19. The number of carbonyl (C=O) groups is 1. The second-order valence-corrected chi connectivity index (χ2v) is 10.1. The van der Waals surface area contributed by atoms with Crippen LogP contribution in [0.3, 0.4) is 0 Å². The van der Waals surface area contributed by atoms with E-state index in [9.17, 15) is 9.59 Å². The zero-order chi connectivity index (χ0) is 29.4. The van der Waals surface area contributed by atoms with Crippen molar-refractivity contribution in [2.75, 3.05) is 5.73 Å². The summed E-state index contributed by atoms with van der Waals surface area (Å²) < 4.78 is 3.30. The van der Waals surface area contributed by atoms with E-state index in [2.05, 4.69) is 32.2 Å². The third-order valence-electron chi connectivity index (χ3n) is 7.19. The van der Waals surface area contributed by atoms with Crippen molar-refractivity contribution in [2.24, 2.45) is 7.05 Å². The number of fused-ring (bicyclic) bond motifs is 2. The van der Waals surface area contributed by atoms with E-state index in [-0.39, 0.29) is 16.9 Å². The summed E-state index contributed by atoms with van der Waals surface area (Å²) in [5.74, 6) is 5.91. The largest absolute Gasteiger partial charge is 0.383 e. The molecule has 1 atom stereocenters. The number of nitrogens with one attached hydrogen (secondary N) is 1. The van der Waals surface area contributed by atoms with Crippen LogP contribution in [0.25, 0.3) is 27.4 Å². The lowest BCUT2D eigenvalue weighted by Gasteiger charge is -2.22. The van der Waals surface area contributed by atoms with Gasteiger partial charge in [-0.25, -0.2) is 4.98 Å². The molecule has 4 heterocycles. The standard InChI is InChI=1S/C33H27N7O2/c1-20-14-15-35-30-26(20)18-36-31(34)29(30)32(41)38-21(2)27-16-24-9-7-8-23(13-12-22-17-37-39(3)19-22)28(24)33(42)40(27)25-10-5-4-6-11-25/h4-11,14-19,21H,1-3H3,(H2,34,36)(H,38,41). The number of pyridine rings is 3. The van der Waals surface area contributed by atoms with Crippen molar-refractivity contribution in [3.8, 4) is 17.5 Å². The van der Waals surface area contributed by atoms with Gasteiger partial charge in [0.25, 0.3) is 11.5 Å². The van der Waals surface area contributed by atoms with Gasteiger partial charge >= 0.3 is 0 Å². The Morgan fingerprint density at radius 3 is 2.60 bits per heavy atom. The van der Waals surface area contributed by atoms with Crippen LogP contribution in [0.15, 0.2) is 90.2 Å². The van der Waals surface area contributed by atoms with Gasteiger partial charge in [-0.3, -0.25) is 23.8 Å². The van der Waals surface area contributed by atoms with Crippen LogP contribution in [0.2, 0.25) is 0 Å². The molecule has 0 aliphatic rings. The molecule has 0 saturated carbocycles. The van der Waals surface area contributed by atoms with E-state index >= 15 is 0 Å². The SMILES string of the molecule is Cc1ccnc2c(C(=O)NC(C)c3cc4cccc(C#Cc5cnn(C)c5)c4c(=O)n3-c3ccccc3)c(N)ncc12. The van der Waals surface area contributed by atoms with Crippen LogP contribution in [0.4, 0.5) is 5.82 Å². The first-order chi connectivity index (χ1) is 20.3. The van der Waals surface area contributed by atoms with Gasteiger partial charge in [0.15, 0.2) is 0 Å². The molecule has 206 valence electrons. The number of aryl methyl sites for hydroxylation is 2. The number of hydrogen-bond donors (Lipinski definition) is 2. The number of nitrogens with two attached hydrogens (primary N) is 1. The van der Waals surface area contributed by atoms with Crippen LogP contribution in [0.1, 0.15) is 45.7 Å². The number of rotatable bonds is 4. The van der Waals surface area contributed by atoms with Gasteiger partial charge in [-0.15, -0.1) is 0 Å². The Hall–Kier alpha value is -5.75. The molecule has 1 unspecified atom stereocenters. The molecule has 0 aliphatic heterocycles. The molecule has 4 aromatic heterocycles. The minimum absolute atomic E-state index is 0.0843. The lowest BCUT2D eigenvalue weighted by atomic mass is 10.0. The molecule has 0 fully saturated rings. The zero-order valence-corrected chi connectivity index (χ0v) is 23.3. The van der Waals surface area contributed by atoms with Crippen molar-refractivity contribution in [2.45, 2.75) is 19.9 Å². The molecule has 6 rings (SSSR count). The molecule has 9 heteroatoms. The first-order valence-electron chi connectivity index (χ1n) is 13.4. The van der Waals surface area contributed by atoms with Crippen molar-refractivity contribution in [1.82, 2.24) is 29.6 Å². The minimum atomic E-state index is -0.584. The molecular formula is C33H27N7O2. The van der Waals surface area contributed by atoms with Gasteiger partial charge in [0.1, 0.15) is 11.4 Å². The average molecular weight is 554 g/mol. The maximum atomic E-state index is 14.2. The van der Waals surface area contributed by atoms with Crippen molar-refractivity contribution in [3.63, 3.8) is 0 Å². The molecule has 0 radical (unpaired) electrons. The summed E-state index contributed by atoms with van der Waals surface area (Å²) in [6, 6.07) is 18.1. The quantitative estimate of drug-likeness (QED) is 0.311. The smallest absolute Gasteiger partial charge is 0.264 e. The van der Waals surface area contributed by atoms with Gasteiger partial charge in [0, 0.05) is 48.0 Å². The first kappa shape index (κ1) is 26.5. The maximum absolute atomic E-state index is 14.2. The number of amides is 1. The van der Waals surface area contributed by atoms with E-state index in [0.717, 1.165) is 16.5 Å². The molecule has 2 aromatic carbocycles. The fourth-order valence-electron chi connectivity index (χ4n) is 5.09. The molecule has 3 N–H and O–H groups in total. The number of hydrogen-bond acceptors (Lipinski definition) is 6. The predicted octanol–water partition coefficient (Wildman–Crippen LogP) is 4.45. The van der Waals surface area contributed by atoms with Crippen LogP contribution >= 0.6 is 0 Å². The molecule has 42 heavy (non-hydrogen) atoms. The zero-order valence-electron chi connectivity index (χ0n) is 23.3. The second-order valence-electron chi connectivity index (χ2n) is 10.1. The van der Waals surface area contributed by atoms with Crippen LogP contribution in [-0.4, -0.2) is 30.2 Å². The second kappa shape index (κ2) is 10.7. The topological polar surface area (TPSA) is 121 Å². The number of benzene rings is 2. The molecule has 9 nitrogen and oxygen atoms in total. The lowest BCUT2D eigenvalue weighted by molar-refractivity contribution is 0.0941. The Morgan fingerprint density at radius 2 is 1.83 bits per heavy atom. The van der Waals surface area contributed by atoms with Gasteiger partial charge in [0.05, 0.1) is 28.7 Å². The minimum Gasteiger partial charge on any atom is -0.383 e. The number of nitrogens with zero attached hydrogens (tertiary/aromatic N) is 5. The predicted molar refractivity (Wildman–Crippen MR) is 163 cm³/mol. The molecule has 0 saturated heterocycles. The highest BCUT2D eigenvalue weighted by Gasteiger charge is 2.23. The van der Waals surface area contributed by atoms with E-state index < -0.39 is 11.9 Å². The van der Waals surface area contributed by atoms with Gasteiger partial charge in [-0.05, 0) is 55.1 Å². The van der Waals surface area contributed by atoms with E-state index in [1.54, 1.807) is 27.8 Å². The number of para-hydroxylation sites is 1. The lowest BCUT2D eigenvalue weighted by Crippen LogP contribution is -2.33. The number of anilines is 1. The van der Waals surface area contributed by atoms with Crippen molar-refractivity contribution in [3.05, 3.63) is 124 Å². The van der Waals surface area contributed by atoms with Crippen LogP contribution < -0.4 is 16.6 Å². The molecule has 6 aromatic rings. The third kappa shape index (κ3) is 4.75. The van der Waals surface area contributed by atoms with E-state index in [4.69, 9.17) is 5.73 Å². The summed E-state index contributed by atoms with van der Waals surface area (Å²) in [4.78, 5) is 36.6. The Morgan fingerprint density at radius 1 is 1.02 bits per heavy atom. The van der Waals surface area contributed by atoms with Gasteiger partial charge < -0.3 is 11.1 Å². The average Bonchev–Trinajstić information content (AvgIpc) is 3.41. The van der Waals surface area contributed by atoms with Gasteiger partial charge in [0.2, 0.25) is 0 Å². The summed E-state index contributed by atoms with van der Waals surface area (Å²) >= 11 is 0. The number of carbonyl (C=O) groups excluding carboxylic acids is 1. The fraction of sp³-hybridized carbons (Fsp3) is 0.121. The van der Waals surface area contributed by atoms with E-state index in [0.29, 0.717) is 33.2 Å². The summed E-state index contributed by atoms with van der Waals surface area (Å²) in [7, 11) is 1.83. The summed E-state index contributed by atoms with van der Waals surface area (Å²) in [5, 5.41) is 9.15. The van der Waals surface area contributed by atoms with Gasteiger partial charge in [-0.1, -0.05) is 42.2 Å². The number of aromatic nitrogens is 5. The highest BCUT2D eigenvalue weighted by Crippen LogP contribution is 2.26. The van der Waals surface area contributed by atoms with Crippen LogP contribution in [0, 0.1) is 18.8 Å². The number of nitrogen functional groups attached to an aromatic ring is 1. The first-order valence-corrected chi connectivity index (χ1v) is 13.4. The Bertz CT molecular complexity index is 2120. The fourth-order valence-corrected chi connectivity index (χ4v) is 5.09. The Kier molecular flexibility index (Phi) is 6.73. The Labute approximate surface area is 241 Å². The normalized spacial score (nSPS) is 11.7. The molecular weight excluding hydrogens is 526 g/mol. The van der Waals surface area contributed by atoms with Gasteiger partial charge in [-0.2, -0.15) is 5.10 Å². The molecule has 1 amide bonds. The van der Waals surface area contributed by atoms with Crippen LogP contribution in [0.5, 0.6) is 0 Å². The van der Waals surface area contributed by atoms with Crippen molar-refractivity contribution in [1.29, 1.82) is 0 Å².